The lowest BCUT2D eigenvalue weighted by Gasteiger charge is -2.32. The average molecular weight is 330 g/mol. The first-order valence-corrected chi connectivity index (χ1v) is 8.59. The summed E-state index contributed by atoms with van der Waals surface area (Å²) in [5, 5.41) is 8.36. The zero-order chi connectivity index (χ0) is 16.9. The fourth-order valence-corrected chi connectivity index (χ4v) is 3.22. The molecule has 2 aromatic rings. The molecule has 0 radical (unpaired) electrons. The van der Waals surface area contributed by atoms with Gasteiger partial charge >= 0.3 is 0 Å². The maximum atomic E-state index is 13.0. The van der Waals surface area contributed by atoms with Crippen LogP contribution in [0, 0.1) is 11.7 Å². The molecule has 0 spiro atoms. The molecule has 0 N–H and O–H groups in total. The van der Waals surface area contributed by atoms with Gasteiger partial charge in [0.15, 0.2) is 0 Å². The van der Waals surface area contributed by atoms with E-state index in [9.17, 15) is 9.18 Å². The van der Waals surface area contributed by atoms with Crippen LogP contribution in [0.4, 0.5) is 4.39 Å². The Morgan fingerprint density at radius 2 is 2.12 bits per heavy atom. The number of hydrogen-bond acceptors (Lipinski definition) is 3. The van der Waals surface area contributed by atoms with E-state index in [1.54, 1.807) is 12.1 Å². The van der Waals surface area contributed by atoms with Crippen LogP contribution in [0.2, 0.25) is 0 Å². The van der Waals surface area contributed by atoms with Crippen molar-refractivity contribution < 1.29 is 9.18 Å². The smallest absolute Gasteiger partial charge is 0.222 e. The molecule has 1 aliphatic heterocycles. The number of carbonyl (C=O) groups is 1. The van der Waals surface area contributed by atoms with E-state index >= 15 is 0 Å². The van der Waals surface area contributed by atoms with Gasteiger partial charge in [-0.05, 0) is 49.4 Å². The van der Waals surface area contributed by atoms with Crippen molar-refractivity contribution in [3.63, 3.8) is 0 Å². The Morgan fingerprint density at radius 1 is 1.33 bits per heavy atom. The maximum Gasteiger partial charge on any atom is 0.222 e. The predicted octanol–water partition coefficient (Wildman–Crippen LogP) is 3.12. The first-order chi connectivity index (χ1) is 11.7. The summed E-state index contributed by atoms with van der Waals surface area (Å²) in [6.45, 7) is 4.45. The molecule has 0 unspecified atom stereocenters. The van der Waals surface area contributed by atoms with Crippen LogP contribution >= 0.6 is 0 Å². The lowest BCUT2D eigenvalue weighted by atomic mass is 9.97. The van der Waals surface area contributed by atoms with Gasteiger partial charge < -0.3 is 4.90 Å². The molecule has 1 atom stereocenters. The van der Waals surface area contributed by atoms with Crippen molar-refractivity contribution in [1.29, 1.82) is 0 Å². The molecule has 5 nitrogen and oxygen atoms in total. The van der Waals surface area contributed by atoms with Gasteiger partial charge in [0.2, 0.25) is 5.91 Å². The van der Waals surface area contributed by atoms with Crippen molar-refractivity contribution in [3.8, 4) is 11.3 Å². The lowest BCUT2D eigenvalue weighted by Crippen LogP contribution is -2.41. The Morgan fingerprint density at radius 3 is 2.88 bits per heavy atom. The minimum absolute atomic E-state index is 0.257. The number of amides is 1. The van der Waals surface area contributed by atoms with Crippen LogP contribution < -0.4 is 0 Å². The van der Waals surface area contributed by atoms with Crippen LogP contribution in [0.3, 0.4) is 0 Å². The minimum atomic E-state index is -0.259. The van der Waals surface area contributed by atoms with Crippen molar-refractivity contribution in [2.45, 2.75) is 39.2 Å². The van der Waals surface area contributed by atoms with Crippen LogP contribution in [0.25, 0.3) is 11.3 Å². The molecule has 1 aliphatic rings. The highest BCUT2D eigenvalue weighted by molar-refractivity contribution is 5.76. The molecule has 1 saturated heterocycles. The normalized spacial score (nSPS) is 17.9. The molecule has 128 valence electrons. The van der Waals surface area contributed by atoms with E-state index in [4.69, 9.17) is 0 Å². The van der Waals surface area contributed by atoms with Crippen LogP contribution in [0.5, 0.6) is 0 Å². The molecule has 1 amide bonds. The van der Waals surface area contributed by atoms with Crippen molar-refractivity contribution >= 4 is 5.91 Å². The SMILES string of the molecule is CCCC(=O)N1CCC[C@@H](Cn2cc(-c3ccc(F)cc3)nn2)C1. The molecule has 2 heterocycles. The zero-order valence-corrected chi connectivity index (χ0v) is 14.0. The molecular formula is C18H23FN4O. The van der Waals surface area contributed by atoms with Crippen LogP contribution in [0.1, 0.15) is 32.6 Å². The van der Waals surface area contributed by atoms with Gasteiger partial charge in [-0.2, -0.15) is 0 Å². The van der Waals surface area contributed by atoms with Crippen molar-refractivity contribution in [1.82, 2.24) is 19.9 Å². The van der Waals surface area contributed by atoms with E-state index in [0.29, 0.717) is 12.3 Å². The van der Waals surface area contributed by atoms with Crippen LogP contribution in [0.15, 0.2) is 30.5 Å². The number of rotatable bonds is 5. The lowest BCUT2D eigenvalue weighted by molar-refractivity contribution is -0.133. The third-order valence-corrected chi connectivity index (χ3v) is 4.46. The highest BCUT2D eigenvalue weighted by Crippen LogP contribution is 2.21. The number of nitrogens with zero attached hydrogens (tertiary/aromatic N) is 4. The van der Waals surface area contributed by atoms with Gasteiger partial charge in [0, 0.05) is 31.6 Å². The molecule has 1 fully saturated rings. The summed E-state index contributed by atoms with van der Waals surface area (Å²) in [6.07, 6.45) is 5.55. The van der Waals surface area contributed by atoms with E-state index in [1.807, 2.05) is 22.7 Å². The van der Waals surface area contributed by atoms with Gasteiger partial charge in [0.25, 0.3) is 0 Å². The Hall–Kier alpha value is -2.24. The average Bonchev–Trinajstić information content (AvgIpc) is 3.04. The summed E-state index contributed by atoms with van der Waals surface area (Å²) in [5.41, 5.74) is 1.59. The van der Waals surface area contributed by atoms with Crippen molar-refractivity contribution in [3.05, 3.63) is 36.3 Å². The number of benzene rings is 1. The maximum absolute atomic E-state index is 13.0. The molecule has 0 bridgehead atoms. The van der Waals surface area contributed by atoms with E-state index < -0.39 is 0 Å². The standard InChI is InChI=1S/C18H23FN4O/c1-2-4-18(24)22-10-3-5-14(11-22)12-23-13-17(20-21-23)15-6-8-16(19)9-7-15/h6-9,13-14H,2-5,10-12H2,1H3/t14-/m1/s1. The summed E-state index contributed by atoms with van der Waals surface area (Å²) in [4.78, 5) is 14.1. The Bertz CT molecular complexity index is 683. The zero-order valence-electron chi connectivity index (χ0n) is 14.0. The van der Waals surface area contributed by atoms with Gasteiger partial charge in [0.1, 0.15) is 11.5 Å². The monoisotopic (exact) mass is 330 g/mol. The molecule has 24 heavy (non-hydrogen) atoms. The van der Waals surface area contributed by atoms with Gasteiger partial charge in [-0.25, -0.2) is 4.39 Å². The molecule has 1 aromatic heterocycles. The second-order valence-electron chi connectivity index (χ2n) is 6.43. The van der Waals surface area contributed by atoms with E-state index in [2.05, 4.69) is 10.3 Å². The Labute approximate surface area is 141 Å². The fourth-order valence-electron chi connectivity index (χ4n) is 3.22. The van der Waals surface area contributed by atoms with Crippen LogP contribution in [-0.2, 0) is 11.3 Å². The van der Waals surface area contributed by atoms with Gasteiger partial charge in [-0.15, -0.1) is 5.10 Å². The number of carbonyl (C=O) groups excluding carboxylic acids is 1. The molecule has 0 aliphatic carbocycles. The molecular weight excluding hydrogens is 307 g/mol. The van der Waals surface area contributed by atoms with Crippen molar-refractivity contribution in [2.75, 3.05) is 13.1 Å². The summed E-state index contributed by atoms with van der Waals surface area (Å²) in [7, 11) is 0. The van der Waals surface area contributed by atoms with Crippen molar-refractivity contribution in [2.24, 2.45) is 5.92 Å². The number of piperidine rings is 1. The number of likely N-dealkylation sites (tertiary alicyclic amines) is 1. The summed E-state index contributed by atoms with van der Waals surface area (Å²) in [6, 6.07) is 6.25. The van der Waals surface area contributed by atoms with E-state index in [1.165, 1.54) is 12.1 Å². The second-order valence-corrected chi connectivity index (χ2v) is 6.43. The summed E-state index contributed by atoms with van der Waals surface area (Å²) >= 11 is 0. The third kappa shape index (κ3) is 3.99. The van der Waals surface area contributed by atoms with Gasteiger partial charge in [-0.1, -0.05) is 12.1 Å². The number of hydrogen-bond donors (Lipinski definition) is 0. The minimum Gasteiger partial charge on any atom is -0.342 e. The highest BCUT2D eigenvalue weighted by Gasteiger charge is 2.23. The fraction of sp³-hybridized carbons (Fsp3) is 0.500. The van der Waals surface area contributed by atoms with Gasteiger partial charge in [0.05, 0.1) is 6.20 Å². The number of aromatic nitrogens is 3. The third-order valence-electron chi connectivity index (χ3n) is 4.46. The second kappa shape index (κ2) is 7.55. The van der Waals surface area contributed by atoms with Crippen LogP contribution in [-0.4, -0.2) is 38.9 Å². The quantitative estimate of drug-likeness (QED) is 0.846. The molecule has 0 saturated carbocycles. The number of halogens is 1. The first kappa shape index (κ1) is 16.6. The summed E-state index contributed by atoms with van der Waals surface area (Å²) in [5.74, 6) is 0.403. The van der Waals surface area contributed by atoms with E-state index in [0.717, 1.165) is 50.2 Å². The Balaban J connectivity index is 1.62. The molecule has 6 heteroatoms. The topological polar surface area (TPSA) is 51.0 Å². The van der Waals surface area contributed by atoms with E-state index in [-0.39, 0.29) is 11.7 Å². The van der Waals surface area contributed by atoms with Gasteiger partial charge in [-0.3, -0.25) is 9.48 Å². The predicted molar refractivity (Wildman–Crippen MR) is 89.6 cm³/mol. The molecule has 3 rings (SSSR count). The largest absolute Gasteiger partial charge is 0.342 e. The molecule has 1 aromatic carbocycles. The summed E-state index contributed by atoms with van der Waals surface area (Å²) < 4.78 is 14.8. The Kier molecular flexibility index (Phi) is 5.23. The highest BCUT2D eigenvalue weighted by atomic mass is 19.1. The first-order valence-electron chi connectivity index (χ1n) is 8.59.